The van der Waals surface area contributed by atoms with Crippen LogP contribution in [-0.2, 0) is 0 Å². The Balaban J connectivity index is 5.10. The molecule has 0 aromatic rings. The van der Waals surface area contributed by atoms with E-state index < -0.39 is 0 Å². The minimum absolute atomic E-state index is 0.543. The second-order valence-corrected chi connectivity index (χ2v) is 7.09. The van der Waals surface area contributed by atoms with Crippen LogP contribution in [0.2, 0.25) is 0 Å². The number of unbranched alkanes of at least 4 members (excludes halogenated alkanes) is 2. The normalized spacial score (nSPS) is 13.6. The average molecular weight is 333 g/mol. The van der Waals surface area contributed by atoms with Crippen LogP contribution in [0.15, 0.2) is 48.0 Å². The molecular formula is C22H40N2. The van der Waals surface area contributed by atoms with Crippen LogP contribution in [0.1, 0.15) is 66.7 Å². The predicted molar refractivity (Wildman–Crippen MR) is 110 cm³/mol. The highest BCUT2D eigenvalue weighted by Gasteiger charge is 2.12. The molecule has 0 bridgehead atoms. The fourth-order valence-electron chi connectivity index (χ4n) is 2.71. The fourth-order valence-corrected chi connectivity index (χ4v) is 2.71. The van der Waals surface area contributed by atoms with Gasteiger partial charge in [-0.1, -0.05) is 64.3 Å². The van der Waals surface area contributed by atoms with Crippen molar-refractivity contribution in [1.29, 1.82) is 0 Å². The van der Waals surface area contributed by atoms with Crippen molar-refractivity contribution in [3.63, 3.8) is 0 Å². The van der Waals surface area contributed by atoms with Crippen LogP contribution in [-0.4, -0.2) is 30.4 Å². The maximum absolute atomic E-state index is 4.30. The first-order chi connectivity index (χ1) is 11.2. The van der Waals surface area contributed by atoms with Crippen molar-refractivity contribution in [2.45, 2.75) is 66.7 Å². The second kappa shape index (κ2) is 12.0. The van der Waals surface area contributed by atoms with E-state index in [0.29, 0.717) is 5.92 Å². The van der Waals surface area contributed by atoms with E-state index in [1.54, 1.807) is 0 Å². The third-order valence-electron chi connectivity index (χ3n) is 4.47. The van der Waals surface area contributed by atoms with Crippen LogP contribution in [0, 0.1) is 5.92 Å². The molecule has 0 aliphatic carbocycles. The lowest BCUT2D eigenvalue weighted by molar-refractivity contribution is 0.304. The summed E-state index contributed by atoms with van der Waals surface area (Å²) < 4.78 is 0. The van der Waals surface area contributed by atoms with E-state index >= 15 is 0 Å². The van der Waals surface area contributed by atoms with Gasteiger partial charge in [0, 0.05) is 26.3 Å². The van der Waals surface area contributed by atoms with E-state index in [1.807, 2.05) is 6.92 Å². The first-order valence-electron chi connectivity index (χ1n) is 9.43. The highest BCUT2D eigenvalue weighted by molar-refractivity contribution is 5.26. The first kappa shape index (κ1) is 22.6. The summed E-state index contributed by atoms with van der Waals surface area (Å²) >= 11 is 0. The van der Waals surface area contributed by atoms with E-state index in [4.69, 9.17) is 0 Å². The van der Waals surface area contributed by atoms with Crippen molar-refractivity contribution >= 4 is 0 Å². The summed E-state index contributed by atoms with van der Waals surface area (Å²) in [5.41, 5.74) is 3.51. The summed E-state index contributed by atoms with van der Waals surface area (Å²) in [7, 11) is 4.27. The summed E-state index contributed by atoms with van der Waals surface area (Å²) in [4.78, 5) is 4.54. The number of rotatable bonds is 12. The average Bonchev–Trinajstić information content (AvgIpc) is 2.51. The molecule has 1 atom stereocenters. The molecule has 0 amide bonds. The predicted octanol–water partition coefficient (Wildman–Crippen LogP) is 6.35. The topological polar surface area (TPSA) is 6.48 Å². The number of hydrogen-bond acceptors (Lipinski definition) is 2. The SMILES string of the molecule is C=C(C)/C=C(/N(C)CCC)N(C)/C(C)=C\C(=C)C(C)CCCCC. The van der Waals surface area contributed by atoms with Crippen molar-refractivity contribution in [3.05, 3.63) is 48.0 Å². The Hall–Kier alpha value is -1.44. The van der Waals surface area contributed by atoms with E-state index in [9.17, 15) is 0 Å². The van der Waals surface area contributed by atoms with Gasteiger partial charge >= 0.3 is 0 Å². The van der Waals surface area contributed by atoms with Gasteiger partial charge in [-0.2, -0.15) is 0 Å². The van der Waals surface area contributed by atoms with Gasteiger partial charge in [-0.25, -0.2) is 0 Å². The molecule has 0 radical (unpaired) electrons. The molecule has 0 rings (SSSR count). The molecule has 2 heteroatoms. The zero-order chi connectivity index (χ0) is 18.7. The highest BCUT2D eigenvalue weighted by Crippen LogP contribution is 2.22. The molecule has 0 saturated carbocycles. The molecule has 2 nitrogen and oxygen atoms in total. The standard InChI is InChI=1S/C22H40N2/c1-10-12-13-14-19(5)20(6)17-21(7)24(9)22(16-18(3)4)23(8)15-11-2/h16-17,19H,3,6,10-15H2,1-2,4-5,7-9H3/b21-17-,22-16-. The maximum Gasteiger partial charge on any atom is 0.108 e. The van der Waals surface area contributed by atoms with Crippen molar-refractivity contribution < 1.29 is 0 Å². The quantitative estimate of drug-likeness (QED) is 0.303. The van der Waals surface area contributed by atoms with Gasteiger partial charge in [-0.05, 0) is 44.8 Å². The van der Waals surface area contributed by atoms with E-state index in [-0.39, 0.29) is 0 Å². The minimum Gasteiger partial charge on any atom is -0.361 e. The monoisotopic (exact) mass is 332 g/mol. The molecule has 0 fully saturated rings. The van der Waals surface area contributed by atoms with E-state index in [2.05, 4.69) is 76.9 Å². The molecule has 0 aromatic heterocycles. The zero-order valence-corrected chi connectivity index (χ0v) is 17.3. The maximum atomic E-state index is 4.30. The lowest BCUT2D eigenvalue weighted by Gasteiger charge is -2.32. The summed E-state index contributed by atoms with van der Waals surface area (Å²) in [5.74, 6) is 1.73. The van der Waals surface area contributed by atoms with Gasteiger partial charge in [0.15, 0.2) is 0 Å². The van der Waals surface area contributed by atoms with Crippen molar-refractivity contribution in [2.75, 3.05) is 20.6 Å². The molecule has 0 aliphatic heterocycles. The third-order valence-corrected chi connectivity index (χ3v) is 4.47. The molecule has 0 N–H and O–H groups in total. The van der Waals surface area contributed by atoms with Crippen LogP contribution in [0.5, 0.6) is 0 Å². The van der Waals surface area contributed by atoms with Crippen LogP contribution >= 0.6 is 0 Å². The van der Waals surface area contributed by atoms with Crippen LogP contribution in [0.25, 0.3) is 0 Å². The molecule has 0 aromatic carbocycles. The summed E-state index contributed by atoms with van der Waals surface area (Å²) in [6.07, 6.45) is 10.6. The third kappa shape index (κ3) is 8.42. The Morgan fingerprint density at radius 2 is 1.62 bits per heavy atom. The molecule has 1 unspecified atom stereocenters. The smallest absolute Gasteiger partial charge is 0.108 e. The van der Waals surface area contributed by atoms with Gasteiger partial charge in [-0.15, -0.1) is 0 Å². The molecule has 0 spiro atoms. The molecule has 138 valence electrons. The van der Waals surface area contributed by atoms with Gasteiger partial charge in [0.1, 0.15) is 5.82 Å². The van der Waals surface area contributed by atoms with Crippen molar-refractivity contribution in [3.8, 4) is 0 Å². The van der Waals surface area contributed by atoms with E-state index in [1.165, 1.54) is 42.8 Å². The van der Waals surface area contributed by atoms with Gasteiger partial charge in [-0.3, -0.25) is 0 Å². The molecule has 0 heterocycles. The van der Waals surface area contributed by atoms with Gasteiger partial charge in [0.2, 0.25) is 0 Å². The Morgan fingerprint density at radius 1 is 1.00 bits per heavy atom. The Kier molecular flexibility index (Phi) is 11.3. The highest BCUT2D eigenvalue weighted by atomic mass is 15.3. The lowest BCUT2D eigenvalue weighted by Crippen LogP contribution is -2.30. The molecule has 0 aliphatic rings. The largest absolute Gasteiger partial charge is 0.361 e. The summed E-state index contributed by atoms with van der Waals surface area (Å²) in [5, 5.41) is 0. The van der Waals surface area contributed by atoms with Crippen molar-refractivity contribution in [2.24, 2.45) is 5.92 Å². The zero-order valence-electron chi connectivity index (χ0n) is 17.3. The number of hydrogen-bond donors (Lipinski definition) is 0. The minimum atomic E-state index is 0.543. The Morgan fingerprint density at radius 3 is 2.12 bits per heavy atom. The lowest BCUT2D eigenvalue weighted by atomic mass is 9.95. The Bertz CT molecular complexity index is 457. The molecular weight excluding hydrogens is 292 g/mol. The summed E-state index contributed by atoms with van der Waals surface area (Å²) in [6.45, 7) is 20.3. The van der Waals surface area contributed by atoms with Gasteiger partial charge in [0.25, 0.3) is 0 Å². The van der Waals surface area contributed by atoms with Crippen LogP contribution < -0.4 is 0 Å². The molecule has 0 saturated heterocycles. The Labute approximate surface area is 151 Å². The van der Waals surface area contributed by atoms with Crippen LogP contribution in [0.4, 0.5) is 0 Å². The van der Waals surface area contributed by atoms with E-state index in [0.717, 1.165) is 18.5 Å². The van der Waals surface area contributed by atoms with Gasteiger partial charge in [0.05, 0.1) is 0 Å². The van der Waals surface area contributed by atoms with Crippen LogP contribution in [0.3, 0.4) is 0 Å². The second-order valence-electron chi connectivity index (χ2n) is 7.09. The fraction of sp³-hybridized carbons (Fsp3) is 0.636. The molecule has 24 heavy (non-hydrogen) atoms. The first-order valence-corrected chi connectivity index (χ1v) is 9.43. The van der Waals surface area contributed by atoms with Gasteiger partial charge < -0.3 is 9.80 Å². The number of allylic oxidation sites excluding steroid dienone is 5. The number of nitrogens with zero attached hydrogens (tertiary/aromatic N) is 2. The summed E-state index contributed by atoms with van der Waals surface area (Å²) in [6, 6.07) is 0. The van der Waals surface area contributed by atoms with Crippen molar-refractivity contribution in [1.82, 2.24) is 9.80 Å².